The van der Waals surface area contributed by atoms with E-state index in [-0.39, 0.29) is 11.5 Å². The number of benzene rings is 2. The smallest absolute Gasteiger partial charge is 0.362 e. The van der Waals surface area contributed by atoms with Gasteiger partial charge < -0.3 is 13.7 Å². The summed E-state index contributed by atoms with van der Waals surface area (Å²) in [5, 5.41) is 4.06. The Bertz CT molecular complexity index is 1360. The fourth-order valence-electron chi connectivity index (χ4n) is 3.13. The van der Waals surface area contributed by atoms with Gasteiger partial charge in [-0.25, -0.2) is 4.79 Å². The van der Waals surface area contributed by atoms with Gasteiger partial charge in [-0.2, -0.15) is 18.2 Å². The first-order chi connectivity index (χ1) is 15.6. The Kier molecular flexibility index (Phi) is 6.87. The first-order valence-corrected chi connectivity index (χ1v) is 11.5. The number of methoxy groups -OCH3 is 1. The number of aryl methyl sites for hydroxylation is 3. The van der Waals surface area contributed by atoms with Crippen molar-refractivity contribution >= 4 is 16.1 Å². The lowest BCUT2D eigenvalue weighted by Crippen LogP contribution is -2.26. The molecular weight excluding hydrogens is 448 g/mol. The van der Waals surface area contributed by atoms with Crippen LogP contribution in [0.5, 0.6) is 11.5 Å². The Balaban J connectivity index is 2.13. The zero-order valence-electron chi connectivity index (χ0n) is 18.9. The molecule has 33 heavy (non-hydrogen) atoms. The summed E-state index contributed by atoms with van der Waals surface area (Å²) in [4.78, 5) is 25.2. The van der Waals surface area contributed by atoms with E-state index in [1.165, 1.54) is 13.2 Å². The van der Waals surface area contributed by atoms with Crippen molar-refractivity contribution in [3.05, 3.63) is 75.2 Å². The van der Waals surface area contributed by atoms with E-state index in [1.54, 1.807) is 51.1 Å². The van der Waals surface area contributed by atoms with Gasteiger partial charge in [0, 0.05) is 0 Å². The maximum atomic E-state index is 13.1. The molecule has 3 aromatic rings. The number of esters is 1. The van der Waals surface area contributed by atoms with Crippen LogP contribution in [0.25, 0.3) is 5.69 Å². The first-order valence-electron chi connectivity index (χ1n) is 10.1. The molecule has 174 valence electrons. The predicted molar refractivity (Wildman–Crippen MR) is 121 cm³/mol. The van der Waals surface area contributed by atoms with E-state index in [9.17, 15) is 18.0 Å². The number of nitrogens with zero attached hydrogens (tertiary/aromatic N) is 2. The molecule has 0 atom stereocenters. The third-order valence-corrected chi connectivity index (χ3v) is 6.18. The number of hydrogen-bond donors (Lipinski definition) is 0. The normalized spacial score (nSPS) is 11.2. The molecule has 0 saturated heterocycles. The third kappa shape index (κ3) is 5.06. The van der Waals surface area contributed by atoms with Crippen LogP contribution in [0.1, 0.15) is 34.1 Å². The Morgan fingerprint density at radius 3 is 2.27 bits per heavy atom. The van der Waals surface area contributed by atoms with Crippen LogP contribution < -0.4 is 14.5 Å². The topological polar surface area (TPSA) is 114 Å². The van der Waals surface area contributed by atoms with Crippen LogP contribution in [0.3, 0.4) is 0 Å². The number of ether oxygens (including phenoxy) is 2. The lowest BCUT2D eigenvalue weighted by molar-refractivity contribution is 0.0515. The minimum atomic E-state index is -4.41. The molecule has 1 heterocycles. The number of rotatable bonds is 7. The van der Waals surface area contributed by atoms with Gasteiger partial charge in [-0.05, 0) is 63.1 Å². The van der Waals surface area contributed by atoms with Gasteiger partial charge in [-0.15, -0.1) is 0 Å². The summed E-state index contributed by atoms with van der Waals surface area (Å²) in [5.41, 5.74) is 1.18. The van der Waals surface area contributed by atoms with Gasteiger partial charge in [0.2, 0.25) is 5.69 Å². The fraction of sp³-hybridized carbons (Fsp3) is 0.261. The van der Waals surface area contributed by atoms with Crippen molar-refractivity contribution in [1.29, 1.82) is 0 Å². The van der Waals surface area contributed by atoms with Crippen molar-refractivity contribution in [3.8, 4) is 17.2 Å². The van der Waals surface area contributed by atoms with Crippen molar-refractivity contribution in [2.45, 2.75) is 32.6 Å². The second kappa shape index (κ2) is 9.45. The van der Waals surface area contributed by atoms with Crippen LogP contribution in [0, 0.1) is 20.8 Å². The van der Waals surface area contributed by atoms with Gasteiger partial charge in [0.25, 0.3) is 5.56 Å². The molecule has 0 N–H and O–H groups in total. The molecule has 0 aliphatic rings. The average molecular weight is 473 g/mol. The van der Waals surface area contributed by atoms with E-state index < -0.39 is 33.1 Å². The monoisotopic (exact) mass is 472 g/mol. The fourth-order valence-corrected chi connectivity index (χ4v) is 4.36. The minimum Gasteiger partial charge on any atom is -0.496 e. The van der Waals surface area contributed by atoms with E-state index in [0.717, 1.165) is 16.3 Å². The standard InChI is InChI=1S/C23H24N2O7S/c1-6-31-23(27)22-19(13-21(26)25(24-22)17-9-7-14(2)8-10-17)32-33(28,29)20-12-15(3)18(30-5)11-16(20)4/h7-13H,6H2,1-5H3. The Morgan fingerprint density at radius 1 is 1.00 bits per heavy atom. The van der Waals surface area contributed by atoms with Gasteiger partial charge in [0.1, 0.15) is 10.6 Å². The SMILES string of the molecule is CCOC(=O)c1nn(-c2ccc(C)cc2)c(=O)cc1OS(=O)(=O)c1cc(C)c(OC)cc1C. The Morgan fingerprint density at radius 2 is 1.67 bits per heavy atom. The molecule has 9 nitrogen and oxygen atoms in total. The predicted octanol–water partition coefficient (Wildman–Crippen LogP) is 3.11. The van der Waals surface area contributed by atoms with Crippen molar-refractivity contribution < 1.29 is 26.9 Å². The van der Waals surface area contributed by atoms with E-state index in [0.29, 0.717) is 22.6 Å². The maximum Gasteiger partial charge on any atom is 0.362 e. The zero-order chi connectivity index (χ0) is 24.3. The number of carbonyl (C=O) groups is 1. The molecule has 0 aliphatic heterocycles. The van der Waals surface area contributed by atoms with E-state index in [1.807, 2.05) is 6.92 Å². The van der Waals surface area contributed by atoms with Gasteiger partial charge in [0.05, 0.1) is 25.5 Å². The molecule has 2 aromatic carbocycles. The second-order valence-electron chi connectivity index (χ2n) is 7.29. The summed E-state index contributed by atoms with van der Waals surface area (Å²) in [5.74, 6) is -0.929. The van der Waals surface area contributed by atoms with Gasteiger partial charge in [0.15, 0.2) is 5.75 Å². The van der Waals surface area contributed by atoms with Crippen LogP contribution in [-0.2, 0) is 14.9 Å². The van der Waals surface area contributed by atoms with Crippen LogP contribution >= 0.6 is 0 Å². The first kappa shape index (κ1) is 24.0. The maximum absolute atomic E-state index is 13.1. The van der Waals surface area contributed by atoms with Crippen molar-refractivity contribution in [2.75, 3.05) is 13.7 Å². The second-order valence-corrected chi connectivity index (χ2v) is 8.80. The summed E-state index contributed by atoms with van der Waals surface area (Å²) in [6.45, 7) is 6.76. The Labute approximate surface area is 191 Å². The molecule has 0 aliphatic carbocycles. The largest absolute Gasteiger partial charge is 0.496 e. The Hall–Kier alpha value is -3.66. The molecule has 0 bridgehead atoms. The molecule has 0 radical (unpaired) electrons. The molecule has 0 fully saturated rings. The third-order valence-electron chi connectivity index (χ3n) is 4.81. The van der Waals surface area contributed by atoms with Crippen molar-refractivity contribution in [1.82, 2.24) is 9.78 Å². The van der Waals surface area contributed by atoms with Gasteiger partial charge >= 0.3 is 16.1 Å². The van der Waals surface area contributed by atoms with Crippen molar-refractivity contribution in [3.63, 3.8) is 0 Å². The molecule has 10 heteroatoms. The van der Waals surface area contributed by atoms with E-state index in [4.69, 9.17) is 13.7 Å². The summed E-state index contributed by atoms with van der Waals surface area (Å²) in [7, 11) is -2.93. The lowest BCUT2D eigenvalue weighted by atomic mass is 10.1. The molecule has 1 aromatic heterocycles. The highest BCUT2D eigenvalue weighted by Gasteiger charge is 2.27. The van der Waals surface area contributed by atoms with Gasteiger partial charge in [-0.1, -0.05) is 17.7 Å². The van der Waals surface area contributed by atoms with E-state index in [2.05, 4.69) is 5.10 Å². The van der Waals surface area contributed by atoms with Gasteiger partial charge in [-0.3, -0.25) is 4.79 Å². The van der Waals surface area contributed by atoms with E-state index >= 15 is 0 Å². The summed E-state index contributed by atoms with van der Waals surface area (Å²) in [6.07, 6.45) is 0. The summed E-state index contributed by atoms with van der Waals surface area (Å²) < 4.78 is 42.6. The molecule has 0 unspecified atom stereocenters. The summed E-state index contributed by atoms with van der Waals surface area (Å²) in [6, 6.07) is 10.7. The molecule has 0 amide bonds. The highest BCUT2D eigenvalue weighted by Crippen LogP contribution is 2.28. The van der Waals surface area contributed by atoms with Crippen LogP contribution in [0.15, 0.2) is 52.2 Å². The average Bonchev–Trinajstić information content (AvgIpc) is 2.75. The summed E-state index contributed by atoms with van der Waals surface area (Å²) >= 11 is 0. The highest BCUT2D eigenvalue weighted by molar-refractivity contribution is 7.87. The molecular formula is C23H24N2O7S. The quantitative estimate of drug-likeness (QED) is 0.381. The lowest BCUT2D eigenvalue weighted by Gasteiger charge is -2.15. The van der Waals surface area contributed by atoms with Crippen LogP contribution in [-0.4, -0.2) is 37.9 Å². The minimum absolute atomic E-state index is 0.0210. The molecule has 3 rings (SSSR count). The number of carbonyl (C=O) groups excluding carboxylic acids is 1. The number of hydrogen-bond acceptors (Lipinski definition) is 8. The van der Waals surface area contributed by atoms with Crippen molar-refractivity contribution in [2.24, 2.45) is 0 Å². The molecule has 0 saturated carbocycles. The number of aromatic nitrogens is 2. The zero-order valence-corrected chi connectivity index (χ0v) is 19.7. The molecule has 0 spiro atoms. The highest BCUT2D eigenvalue weighted by atomic mass is 32.2. The van der Waals surface area contributed by atoms with Crippen LogP contribution in [0.2, 0.25) is 0 Å². The van der Waals surface area contributed by atoms with Crippen LogP contribution in [0.4, 0.5) is 0 Å².